The third-order valence-electron chi connectivity index (χ3n) is 2.08. The van der Waals surface area contributed by atoms with Gasteiger partial charge in [0.15, 0.2) is 0 Å². The smallest absolute Gasteiger partial charge is 0.125 e. The molecular weight excluding hydrogens is 216 g/mol. The largest absolute Gasteiger partial charge is 0.496 e. The summed E-state index contributed by atoms with van der Waals surface area (Å²) in [6.07, 6.45) is 0. The van der Waals surface area contributed by atoms with Crippen LogP contribution in [0.2, 0.25) is 0 Å². The molecule has 0 aliphatic carbocycles. The average Bonchev–Trinajstić information content (AvgIpc) is 2.54. The predicted octanol–water partition coefficient (Wildman–Crippen LogP) is 2.69. The second kappa shape index (κ2) is 3.81. The molecule has 4 heteroatoms. The molecule has 2 aromatic rings. The summed E-state index contributed by atoms with van der Waals surface area (Å²) in [5.74, 6) is 0.728. The molecule has 0 amide bonds. The van der Waals surface area contributed by atoms with Crippen LogP contribution in [-0.4, -0.2) is 12.2 Å². The van der Waals surface area contributed by atoms with Crippen molar-refractivity contribution in [3.05, 3.63) is 23.8 Å². The van der Waals surface area contributed by atoms with E-state index in [9.17, 15) is 0 Å². The summed E-state index contributed by atoms with van der Waals surface area (Å²) < 4.78 is 7.27. The Bertz CT molecular complexity index is 421. The molecule has 74 valence electrons. The molecular formula is C10H10O2S2. The lowest BCUT2D eigenvalue weighted by atomic mass is 10.1. The van der Waals surface area contributed by atoms with E-state index in [1.54, 1.807) is 18.4 Å². The molecule has 1 N–H and O–H groups in total. The van der Waals surface area contributed by atoms with Gasteiger partial charge in [0.25, 0.3) is 0 Å². The van der Waals surface area contributed by atoms with E-state index in [4.69, 9.17) is 9.84 Å². The summed E-state index contributed by atoms with van der Waals surface area (Å²) in [7, 11) is 1.61. The van der Waals surface area contributed by atoms with Gasteiger partial charge in [0.05, 0.1) is 17.9 Å². The lowest BCUT2D eigenvalue weighted by molar-refractivity contribution is 0.274. The van der Waals surface area contributed by atoms with Crippen molar-refractivity contribution < 1.29 is 9.84 Å². The molecule has 2 rings (SSSR count). The second-order valence-electron chi connectivity index (χ2n) is 2.94. The van der Waals surface area contributed by atoms with E-state index < -0.39 is 0 Å². The number of thiol groups is 1. The molecule has 2 nitrogen and oxygen atoms in total. The number of ether oxygens (including phenoxy) is 1. The maximum absolute atomic E-state index is 9.12. The number of rotatable bonds is 2. The van der Waals surface area contributed by atoms with Gasteiger partial charge in [-0.2, -0.15) is 0 Å². The molecule has 1 aromatic heterocycles. The second-order valence-corrected chi connectivity index (χ2v) is 4.81. The first kappa shape index (κ1) is 9.83. The van der Waals surface area contributed by atoms with E-state index >= 15 is 0 Å². The highest BCUT2D eigenvalue weighted by molar-refractivity contribution is 7.83. The van der Waals surface area contributed by atoms with Gasteiger partial charge in [0.1, 0.15) is 5.75 Å². The van der Waals surface area contributed by atoms with Gasteiger partial charge in [-0.3, -0.25) is 0 Å². The number of hydrogen-bond acceptors (Lipinski definition) is 4. The standard InChI is InChI=1S/C10H10O2S2/c1-12-8-2-6-4-10(13)14-9(6)3-7(8)5-11/h2-4,11,13H,5H2,1H3. The summed E-state index contributed by atoms with van der Waals surface area (Å²) in [6.45, 7) is -0.00107. The minimum absolute atomic E-state index is 0.00107. The molecule has 0 saturated carbocycles. The first-order chi connectivity index (χ1) is 6.74. The van der Waals surface area contributed by atoms with Crippen LogP contribution < -0.4 is 4.74 Å². The minimum Gasteiger partial charge on any atom is -0.496 e. The van der Waals surface area contributed by atoms with Gasteiger partial charge in [-0.05, 0) is 23.6 Å². The molecule has 0 radical (unpaired) electrons. The van der Waals surface area contributed by atoms with Crippen LogP contribution in [0.5, 0.6) is 5.75 Å². The lowest BCUT2D eigenvalue weighted by Crippen LogP contribution is -1.90. The first-order valence-corrected chi connectivity index (χ1v) is 5.41. The highest BCUT2D eigenvalue weighted by Gasteiger charge is 2.06. The zero-order valence-corrected chi connectivity index (χ0v) is 9.36. The predicted molar refractivity (Wildman–Crippen MR) is 61.6 cm³/mol. The summed E-state index contributed by atoms with van der Waals surface area (Å²) in [5, 5.41) is 10.2. The van der Waals surface area contributed by atoms with E-state index in [-0.39, 0.29) is 6.61 Å². The number of fused-ring (bicyclic) bond motifs is 1. The highest BCUT2D eigenvalue weighted by atomic mass is 32.2. The molecule has 14 heavy (non-hydrogen) atoms. The Hall–Kier alpha value is -0.710. The monoisotopic (exact) mass is 226 g/mol. The zero-order valence-electron chi connectivity index (χ0n) is 7.65. The maximum Gasteiger partial charge on any atom is 0.125 e. The van der Waals surface area contributed by atoms with Gasteiger partial charge >= 0.3 is 0 Å². The van der Waals surface area contributed by atoms with Crippen LogP contribution in [0.1, 0.15) is 5.56 Å². The van der Waals surface area contributed by atoms with Crippen molar-refractivity contribution in [1.82, 2.24) is 0 Å². The Kier molecular flexibility index (Phi) is 2.67. The number of aliphatic hydroxyl groups excluding tert-OH is 1. The number of hydrogen-bond donors (Lipinski definition) is 2. The number of aliphatic hydroxyl groups is 1. The van der Waals surface area contributed by atoms with Gasteiger partial charge in [0, 0.05) is 10.3 Å². The summed E-state index contributed by atoms with van der Waals surface area (Å²) in [5.41, 5.74) is 0.815. The molecule has 0 aliphatic heterocycles. The quantitative estimate of drug-likeness (QED) is 0.771. The van der Waals surface area contributed by atoms with E-state index in [0.29, 0.717) is 0 Å². The Morgan fingerprint density at radius 2 is 2.21 bits per heavy atom. The van der Waals surface area contributed by atoms with Crippen LogP contribution in [-0.2, 0) is 6.61 Å². The van der Waals surface area contributed by atoms with Crippen molar-refractivity contribution in [3.8, 4) is 5.75 Å². The third-order valence-corrected chi connectivity index (χ3v) is 3.38. The fourth-order valence-electron chi connectivity index (χ4n) is 1.41. The van der Waals surface area contributed by atoms with E-state index in [0.717, 1.165) is 25.6 Å². The molecule has 0 unspecified atom stereocenters. The van der Waals surface area contributed by atoms with E-state index in [2.05, 4.69) is 12.6 Å². The zero-order chi connectivity index (χ0) is 10.1. The SMILES string of the molecule is COc1cc2cc(S)sc2cc1CO. The Labute approximate surface area is 91.5 Å². The van der Waals surface area contributed by atoms with Crippen molar-refractivity contribution in [2.45, 2.75) is 10.8 Å². The Morgan fingerprint density at radius 1 is 1.43 bits per heavy atom. The highest BCUT2D eigenvalue weighted by Crippen LogP contribution is 2.33. The van der Waals surface area contributed by atoms with Gasteiger partial charge in [-0.1, -0.05) is 0 Å². The van der Waals surface area contributed by atoms with Crippen LogP contribution in [0.3, 0.4) is 0 Å². The Balaban J connectivity index is 2.68. The third kappa shape index (κ3) is 1.61. The minimum atomic E-state index is -0.00107. The maximum atomic E-state index is 9.12. The van der Waals surface area contributed by atoms with E-state index in [1.165, 1.54) is 0 Å². The van der Waals surface area contributed by atoms with Crippen LogP contribution in [0.15, 0.2) is 22.4 Å². The number of methoxy groups -OCH3 is 1. The molecule has 0 aliphatic rings. The molecule has 0 fully saturated rings. The van der Waals surface area contributed by atoms with Gasteiger partial charge in [0.2, 0.25) is 0 Å². The molecule has 0 spiro atoms. The van der Waals surface area contributed by atoms with Gasteiger partial charge < -0.3 is 9.84 Å². The van der Waals surface area contributed by atoms with Crippen molar-refractivity contribution in [2.75, 3.05) is 7.11 Å². The van der Waals surface area contributed by atoms with Crippen molar-refractivity contribution >= 4 is 34.1 Å². The fraction of sp³-hybridized carbons (Fsp3) is 0.200. The van der Waals surface area contributed by atoms with Crippen LogP contribution >= 0.6 is 24.0 Å². The molecule has 0 bridgehead atoms. The molecule has 1 heterocycles. The Morgan fingerprint density at radius 3 is 2.86 bits per heavy atom. The fourth-order valence-corrected chi connectivity index (χ4v) is 2.69. The van der Waals surface area contributed by atoms with Crippen molar-refractivity contribution in [2.24, 2.45) is 0 Å². The van der Waals surface area contributed by atoms with Crippen molar-refractivity contribution in [3.63, 3.8) is 0 Å². The van der Waals surface area contributed by atoms with Crippen LogP contribution in [0.4, 0.5) is 0 Å². The van der Waals surface area contributed by atoms with Gasteiger partial charge in [-0.15, -0.1) is 24.0 Å². The topological polar surface area (TPSA) is 29.5 Å². The molecule has 1 aromatic carbocycles. The lowest BCUT2D eigenvalue weighted by Gasteiger charge is -2.05. The summed E-state index contributed by atoms with van der Waals surface area (Å²) >= 11 is 5.88. The van der Waals surface area contributed by atoms with Gasteiger partial charge in [-0.25, -0.2) is 0 Å². The van der Waals surface area contributed by atoms with Crippen LogP contribution in [0, 0.1) is 0 Å². The number of thiophene rings is 1. The molecule has 0 saturated heterocycles. The van der Waals surface area contributed by atoms with Crippen molar-refractivity contribution in [1.29, 1.82) is 0 Å². The number of benzene rings is 1. The normalized spacial score (nSPS) is 10.8. The van der Waals surface area contributed by atoms with E-state index in [1.807, 2.05) is 18.2 Å². The molecule has 0 atom stereocenters. The van der Waals surface area contributed by atoms with Crippen LogP contribution in [0.25, 0.3) is 10.1 Å². The first-order valence-electron chi connectivity index (χ1n) is 4.15. The summed E-state index contributed by atoms with van der Waals surface area (Å²) in [6, 6.07) is 5.86. The average molecular weight is 226 g/mol. The summed E-state index contributed by atoms with van der Waals surface area (Å²) in [4.78, 5) is 0.